The predicted molar refractivity (Wildman–Crippen MR) is 578 cm³/mol. The first kappa shape index (κ1) is 90.4. The van der Waals surface area contributed by atoms with Crippen molar-refractivity contribution >= 4 is 120 Å². The van der Waals surface area contributed by atoms with E-state index in [4.69, 9.17) is 58.7 Å². The maximum Gasteiger partial charge on any atom is 0.231 e. The molecule has 8 heterocycles. The fourth-order valence-electron chi connectivity index (χ4n) is 17.9. The number of benzene rings is 16. The van der Waals surface area contributed by atoms with Crippen molar-refractivity contribution in [2.45, 2.75) is 131 Å². The smallest absolute Gasteiger partial charge is 0.231 e. The van der Waals surface area contributed by atoms with E-state index in [1.165, 1.54) is 65.6 Å². The van der Waals surface area contributed by atoms with Crippen LogP contribution in [0.25, 0.3) is 204 Å². The Labute approximate surface area is 810 Å². The SMILES string of the molecule is CC(C)(C)c1nc(-c2ccc3c4ccccc4n(-c4ccccc4)c3c2)c2ccccc2n1.CC(C)(C)c1nc(-c2cccc(-c3ccccc3)c2)c2c(n1)oc1ccccc12.CC(C)(C)c1nc(-c2cccc(-c3ccccc3)c2)c2ccc3ccccc3c2n1.CC(C)(C)c1nc(-c2ccccc2)c2c(n1)oc1ccccc12.CC(C)(C)c1nc(-c2ccccc2)c2ccc3ccccc3c2n1. The normalized spacial score (nSPS) is 12.0. The van der Waals surface area contributed by atoms with Gasteiger partial charge in [-0.1, -0.05) is 425 Å². The maximum absolute atomic E-state index is 6.11. The highest BCUT2D eigenvalue weighted by Crippen LogP contribution is 2.44. The number of furan rings is 2. The molecule has 0 radical (unpaired) electrons. The summed E-state index contributed by atoms with van der Waals surface area (Å²) in [6, 6.07) is 135. The van der Waals surface area contributed by atoms with Crippen LogP contribution in [0.2, 0.25) is 0 Å². The fourth-order valence-corrected chi connectivity index (χ4v) is 17.9. The molecule has 13 heteroatoms. The van der Waals surface area contributed by atoms with Crippen LogP contribution in [0.5, 0.6) is 0 Å². The zero-order chi connectivity index (χ0) is 96.1. The monoisotopic (exact) mass is 1810 g/mol. The molecule has 0 spiro atoms. The van der Waals surface area contributed by atoms with Gasteiger partial charge in [-0.05, 0) is 99.8 Å². The van der Waals surface area contributed by atoms with E-state index in [0.29, 0.717) is 11.4 Å². The van der Waals surface area contributed by atoms with E-state index >= 15 is 0 Å². The van der Waals surface area contributed by atoms with Crippen molar-refractivity contribution < 1.29 is 8.83 Å². The highest BCUT2D eigenvalue weighted by Gasteiger charge is 2.30. The molecular formula is C126H109N11O2. The van der Waals surface area contributed by atoms with Gasteiger partial charge in [-0.2, -0.15) is 9.97 Å². The molecule has 139 heavy (non-hydrogen) atoms. The maximum atomic E-state index is 6.11. The number of hydrogen-bond acceptors (Lipinski definition) is 12. The van der Waals surface area contributed by atoms with Crippen molar-refractivity contribution in [1.29, 1.82) is 0 Å². The van der Waals surface area contributed by atoms with E-state index in [0.717, 1.165) is 157 Å². The van der Waals surface area contributed by atoms with Crippen LogP contribution in [0.1, 0.15) is 133 Å². The van der Waals surface area contributed by atoms with Crippen LogP contribution < -0.4 is 0 Å². The number of fused-ring (bicyclic) bond motifs is 16. The molecule has 0 saturated heterocycles. The lowest BCUT2D eigenvalue weighted by atomic mass is 9.93. The summed E-state index contributed by atoms with van der Waals surface area (Å²) >= 11 is 0. The summed E-state index contributed by atoms with van der Waals surface area (Å²) in [5, 5.41) is 14.6. The van der Waals surface area contributed by atoms with Crippen LogP contribution >= 0.6 is 0 Å². The minimum atomic E-state index is -0.182. The average molecular weight is 1810 g/mol. The van der Waals surface area contributed by atoms with Crippen molar-refractivity contribution in [3.05, 3.63) is 417 Å². The van der Waals surface area contributed by atoms with E-state index in [9.17, 15) is 0 Å². The third-order valence-corrected chi connectivity index (χ3v) is 25.2. The summed E-state index contributed by atoms with van der Waals surface area (Å²) in [4.78, 5) is 49.3. The van der Waals surface area contributed by atoms with Gasteiger partial charge in [0.05, 0.1) is 66.8 Å². The van der Waals surface area contributed by atoms with E-state index in [1.807, 2.05) is 78.9 Å². The van der Waals surface area contributed by atoms with Gasteiger partial charge in [0.15, 0.2) is 0 Å². The number of aromatic nitrogens is 11. The minimum absolute atomic E-state index is 0.103. The Morgan fingerprint density at radius 2 is 0.504 bits per heavy atom. The molecule has 0 unspecified atom stereocenters. The first-order valence-electron chi connectivity index (χ1n) is 47.7. The zero-order valence-electron chi connectivity index (χ0n) is 81.2. The largest absolute Gasteiger partial charge is 0.438 e. The van der Waals surface area contributed by atoms with Gasteiger partial charge in [-0.25, -0.2) is 39.9 Å². The van der Waals surface area contributed by atoms with Crippen LogP contribution in [-0.4, -0.2) is 54.4 Å². The molecule has 0 bridgehead atoms. The van der Waals surface area contributed by atoms with E-state index in [1.54, 1.807) is 0 Å². The highest BCUT2D eigenvalue weighted by molar-refractivity contribution is 6.15. The fraction of sp³-hybridized carbons (Fsp3) is 0.159. The molecule has 680 valence electrons. The van der Waals surface area contributed by atoms with E-state index in [-0.39, 0.29) is 27.1 Å². The van der Waals surface area contributed by atoms with Gasteiger partial charge in [0.1, 0.15) is 40.3 Å². The summed E-state index contributed by atoms with van der Waals surface area (Å²) in [5.41, 5.74) is 24.0. The van der Waals surface area contributed by atoms with Crippen LogP contribution in [0.15, 0.2) is 397 Å². The lowest BCUT2D eigenvalue weighted by Crippen LogP contribution is -2.16. The quantitative estimate of drug-likeness (QED) is 0.133. The molecule has 0 fully saturated rings. The lowest BCUT2D eigenvalue weighted by Gasteiger charge is -2.19. The predicted octanol–water partition coefficient (Wildman–Crippen LogP) is 33.2. The van der Waals surface area contributed by atoms with Gasteiger partial charge in [0.25, 0.3) is 0 Å². The third-order valence-electron chi connectivity index (χ3n) is 25.2. The Bertz CT molecular complexity index is 8700. The van der Waals surface area contributed by atoms with Crippen LogP contribution in [0.3, 0.4) is 0 Å². The van der Waals surface area contributed by atoms with Gasteiger partial charge < -0.3 is 13.4 Å². The molecule has 0 atom stereocenters. The van der Waals surface area contributed by atoms with Crippen molar-refractivity contribution in [2.75, 3.05) is 0 Å². The summed E-state index contributed by atoms with van der Waals surface area (Å²) < 4.78 is 14.5. The molecular weight excluding hydrogens is 1700 g/mol. The summed E-state index contributed by atoms with van der Waals surface area (Å²) in [6.45, 7) is 32.2. The molecule has 24 aromatic rings. The molecule has 0 aliphatic heterocycles. The first-order valence-corrected chi connectivity index (χ1v) is 47.7. The standard InChI is InChI=1S/C30H25N3.C28H24N2.C26H22N2O.C22H20N2.C20H18N2O/c1-30(2,3)29-31-25-15-9-7-14-24(25)28(32-29)20-17-18-23-22-13-8-10-16-26(22)33(27(23)19-20)21-11-5-4-6-12-21;1-28(2,3)27-29-25(22-14-9-13-21(18-22)19-10-5-4-6-11-19)24-17-16-20-12-7-8-15-23(20)26(24)30-27;1-26(2,3)25-27-23(22-20-14-7-8-15-21(20)29-24(22)28-25)19-13-9-12-18(16-19)17-10-5-4-6-11-17;1-22(2,3)21-23-19(16-10-5-4-6-11-16)18-14-13-15-9-7-8-12-17(15)20(18)24-21;1-20(2,3)19-21-17(13-9-5-4-6-10-13)16-14-11-7-8-12-15(14)23-18(16)22-19/h4-19H,1-3H3;4-18H,1-3H3;4-16H,1-3H3;4-14H,1-3H3;4-12H,1-3H3. The van der Waals surface area contributed by atoms with Crippen molar-refractivity contribution in [3.8, 4) is 84.2 Å². The van der Waals surface area contributed by atoms with Gasteiger partial charge >= 0.3 is 0 Å². The molecule has 24 rings (SSSR count). The Balaban J connectivity index is 0.000000108. The highest BCUT2D eigenvalue weighted by atomic mass is 16.3. The van der Waals surface area contributed by atoms with E-state index < -0.39 is 0 Å². The number of hydrogen-bond donors (Lipinski definition) is 0. The molecule has 0 aliphatic carbocycles. The first-order chi connectivity index (χ1) is 67.1. The average Bonchev–Trinajstić information content (AvgIpc) is 1.68. The molecule has 0 N–H and O–H groups in total. The molecule has 8 aromatic heterocycles. The van der Waals surface area contributed by atoms with Gasteiger partial charge in [-0.3, -0.25) is 0 Å². The second kappa shape index (κ2) is 37.0. The number of rotatable bonds is 8. The van der Waals surface area contributed by atoms with Gasteiger partial charge in [0, 0.05) is 109 Å². The van der Waals surface area contributed by atoms with E-state index in [2.05, 4.69) is 418 Å². The zero-order valence-corrected chi connectivity index (χ0v) is 81.2. The molecule has 0 amide bonds. The summed E-state index contributed by atoms with van der Waals surface area (Å²) in [5.74, 6) is 4.18. The Morgan fingerprint density at radius 3 is 0.971 bits per heavy atom. The number of para-hydroxylation sites is 5. The lowest BCUT2D eigenvalue weighted by molar-refractivity contribution is 0.540. The third kappa shape index (κ3) is 18.5. The summed E-state index contributed by atoms with van der Waals surface area (Å²) in [7, 11) is 0. The topological polar surface area (TPSA) is 160 Å². The Kier molecular flexibility index (Phi) is 24.1. The second-order valence-electron chi connectivity index (χ2n) is 40.7. The van der Waals surface area contributed by atoms with Crippen LogP contribution in [0, 0.1) is 0 Å². The molecule has 13 nitrogen and oxygen atoms in total. The Morgan fingerprint density at radius 1 is 0.194 bits per heavy atom. The van der Waals surface area contributed by atoms with Crippen molar-refractivity contribution in [1.82, 2.24) is 54.4 Å². The summed E-state index contributed by atoms with van der Waals surface area (Å²) in [6.07, 6.45) is 0. The Hall–Kier alpha value is -16.4. The van der Waals surface area contributed by atoms with Gasteiger partial charge in [-0.15, -0.1) is 0 Å². The van der Waals surface area contributed by atoms with Crippen molar-refractivity contribution in [2.24, 2.45) is 0 Å². The van der Waals surface area contributed by atoms with Gasteiger partial charge in [0.2, 0.25) is 11.4 Å². The van der Waals surface area contributed by atoms with Crippen LogP contribution in [-0.2, 0) is 27.1 Å². The molecule has 0 saturated carbocycles. The van der Waals surface area contributed by atoms with Crippen molar-refractivity contribution in [3.63, 3.8) is 0 Å². The minimum Gasteiger partial charge on any atom is -0.438 e. The molecule has 0 aliphatic rings. The molecule has 16 aromatic carbocycles. The number of nitrogens with zero attached hydrogens (tertiary/aromatic N) is 11. The second-order valence-corrected chi connectivity index (χ2v) is 40.7. The van der Waals surface area contributed by atoms with Crippen LogP contribution in [0.4, 0.5) is 0 Å².